The lowest BCUT2D eigenvalue weighted by atomic mass is 9.90. The van der Waals surface area contributed by atoms with Crippen LogP contribution in [0.15, 0.2) is 48.5 Å². The van der Waals surface area contributed by atoms with Crippen molar-refractivity contribution < 1.29 is 37.0 Å². The maximum atomic E-state index is 12.9. The Hall–Kier alpha value is -2.75. The summed E-state index contributed by atoms with van der Waals surface area (Å²) in [4.78, 5) is 26.8. The molecule has 9 heteroatoms. The first kappa shape index (κ1) is 24.0. The molecule has 35 heavy (non-hydrogen) atoms. The molecule has 2 amide bonds. The largest absolute Gasteiger partial charge is 0.416 e. The summed E-state index contributed by atoms with van der Waals surface area (Å²) in [6, 6.07) is 11.9. The number of rotatable bonds is 6. The third-order valence-electron chi connectivity index (χ3n) is 6.86. The molecule has 5 rings (SSSR count). The number of carbonyl (C=O) groups is 2. The quantitative estimate of drug-likeness (QED) is 0.545. The maximum Gasteiger partial charge on any atom is 0.416 e. The number of alkyl halides is 3. The summed E-state index contributed by atoms with van der Waals surface area (Å²) >= 11 is 0. The van der Waals surface area contributed by atoms with Crippen molar-refractivity contribution in [2.75, 3.05) is 6.54 Å². The number of fused-ring (bicyclic) bond motifs is 2. The highest BCUT2D eigenvalue weighted by Gasteiger charge is 2.54. The lowest BCUT2D eigenvalue weighted by Crippen LogP contribution is -2.36. The minimum Gasteiger partial charge on any atom is -0.346 e. The third kappa shape index (κ3) is 4.60. The van der Waals surface area contributed by atoms with E-state index in [-0.39, 0.29) is 36.5 Å². The first-order valence-corrected chi connectivity index (χ1v) is 11.7. The molecule has 2 aromatic rings. The van der Waals surface area contributed by atoms with Crippen molar-refractivity contribution in [2.24, 2.45) is 5.92 Å². The summed E-state index contributed by atoms with van der Waals surface area (Å²) in [7, 11) is 0. The van der Waals surface area contributed by atoms with Crippen LogP contribution in [0.2, 0.25) is 0 Å². The Labute approximate surface area is 201 Å². The van der Waals surface area contributed by atoms with E-state index in [0.29, 0.717) is 30.4 Å². The molecule has 0 unspecified atom stereocenters. The number of hydrogen-bond donors (Lipinski definition) is 0. The molecule has 2 aromatic carbocycles. The minimum atomic E-state index is -4.37. The van der Waals surface area contributed by atoms with Crippen LogP contribution in [0.25, 0.3) is 0 Å². The zero-order chi connectivity index (χ0) is 25.0. The smallest absolute Gasteiger partial charge is 0.346 e. The summed E-state index contributed by atoms with van der Waals surface area (Å²) in [5.74, 6) is -1.60. The summed E-state index contributed by atoms with van der Waals surface area (Å²) in [6.45, 7) is 3.81. The summed E-state index contributed by atoms with van der Waals surface area (Å²) in [5, 5.41) is 0. The SMILES string of the molecule is CC1(C)O[C@@H]2O[C@H](CCc3ccc(C(F)(F)F)cc3)[C@H](CCN3C(=O)c4ccccc4C3=O)[C@@H]2O1. The van der Waals surface area contributed by atoms with Gasteiger partial charge >= 0.3 is 6.18 Å². The van der Waals surface area contributed by atoms with Crippen molar-refractivity contribution in [3.63, 3.8) is 0 Å². The van der Waals surface area contributed by atoms with Crippen LogP contribution in [-0.4, -0.2) is 47.5 Å². The maximum absolute atomic E-state index is 12.9. The number of hydrogen-bond acceptors (Lipinski definition) is 5. The van der Waals surface area contributed by atoms with Crippen molar-refractivity contribution in [1.29, 1.82) is 0 Å². The molecular weight excluding hydrogens is 463 g/mol. The highest BCUT2D eigenvalue weighted by atomic mass is 19.4. The molecule has 3 heterocycles. The molecule has 6 nitrogen and oxygen atoms in total. The Morgan fingerprint density at radius 2 is 1.54 bits per heavy atom. The Morgan fingerprint density at radius 3 is 2.14 bits per heavy atom. The van der Waals surface area contributed by atoms with Crippen LogP contribution in [0.5, 0.6) is 0 Å². The third-order valence-corrected chi connectivity index (χ3v) is 6.86. The van der Waals surface area contributed by atoms with Gasteiger partial charge in [-0.1, -0.05) is 24.3 Å². The number of imide groups is 1. The zero-order valence-electron chi connectivity index (χ0n) is 19.4. The Bertz CT molecular complexity index is 1100. The van der Waals surface area contributed by atoms with Crippen molar-refractivity contribution in [1.82, 2.24) is 4.90 Å². The van der Waals surface area contributed by atoms with E-state index in [1.165, 1.54) is 17.0 Å². The number of benzene rings is 2. The monoisotopic (exact) mass is 489 g/mol. The van der Waals surface area contributed by atoms with Gasteiger partial charge < -0.3 is 14.2 Å². The molecule has 0 aliphatic carbocycles. The first-order valence-electron chi connectivity index (χ1n) is 11.7. The molecule has 0 aromatic heterocycles. The van der Waals surface area contributed by atoms with E-state index < -0.39 is 23.8 Å². The summed E-state index contributed by atoms with van der Waals surface area (Å²) in [5.41, 5.74) is 0.882. The standard InChI is InChI=1S/C26H26F3NO5/c1-25(2)34-21-19(13-14-30-22(31)17-5-3-4-6-18(17)23(30)32)20(33-24(21)35-25)12-9-15-7-10-16(11-8-15)26(27,28)29/h3-8,10-11,19-21,24H,9,12-14H2,1-2H3/t19-,20+,21-,24-/m0/s1. The van der Waals surface area contributed by atoms with Gasteiger partial charge in [-0.25, -0.2) is 0 Å². The predicted octanol–water partition coefficient (Wildman–Crippen LogP) is 4.82. The van der Waals surface area contributed by atoms with E-state index in [1.807, 2.05) is 0 Å². The molecule has 4 atom stereocenters. The van der Waals surface area contributed by atoms with Crippen LogP contribution in [0.3, 0.4) is 0 Å². The second-order valence-corrected chi connectivity index (χ2v) is 9.64. The average molecular weight is 489 g/mol. The highest BCUT2D eigenvalue weighted by molar-refractivity contribution is 6.21. The van der Waals surface area contributed by atoms with Gasteiger partial charge in [0.15, 0.2) is 12.1 Å². The molecular formula is C26H26F3NO5. The molecule has 0 saturated carbocycles. The van der Waals surface area contributed by atoms with Crippen LogP contribution in [-0.2, 0) is 26.8 Å². The Kier molecular flexibility index (Phi) is 5.97. The van der Waals surface area contributed by atoms with Gasteiger partial charge in [0.05, 0.1) is 22.8 Å². The van der Waals surface area contributed by atoms with Gasteiger partial charge in [-0.15, -0.1) is 0 Å². The van der Waals surface area contributed by atoms with Crippen molar-refractivity contribution in [3.05, 3.63) is 70.8 Å². The molecule has 0 bridgehead atoms. The molecule has 0 spiro atoms. The summed E-state index contributed by atoms with van der Waals surface area (Å²) < 4.78 is 56.7. The van der Waals surface area contributed by atoms with Gasteiger partial charge in [-0.2, -0.15) is 13.2 Å². The molecule has 3 aliphatic heterocycles. The van der Waals surface area contributed by atoms with Gasteiger partial charge in [0.25, 0.3) is 11.8 Å². The fraction of sp³-hybridized carbons (Fsp3) is 0.462. The number of halogens is 3. The van der Waals surface area contributed by atoms with Gasteiger partial charge in [-0.05, 0) is 62.9 Å². The van der Waals surface area contributed by atoms with Gasteiger partial charge in [0.2, 0.25) is 0 Å². The summed E-state index contributed by atoms with van der Waals surface area (Å²) in [6.07, 6.45) is -4.09. The van der Waals surface area contributed by atoms with Gasteiger partial charge in [0, 0.05) is 12.5 Å². The number of aryl methyl sites for hydroxylation is 1. The Morgan fingerprint density at radius 1 is 0.914 bits per heavy atom. The topological polar surface area (TPSA) is 65.1 Å². The molecule has 2 fully saturated rings. The molecule has 186 valence electrons. The van der Waals surface area contributed by atoms with Crippen molar-refractivity contribution in [3.8, 4) is 0 Å². The lowest BCUT2D eigenvalue weighted by molar-refractivity contribution is -0.210. The van der Waals surface area contributed by atoms with E-state index in [2.05, 4.69) is 0 Å². The van der Waals surface area contributed by atoms with E-state index in [4.69, 9.17) is 14.2 Å². The second kappa shape index (κ2) is 8.72. The first-order chi connectivity index (χ1) is 16.5. The fourth-order valence-corrected chi connectivity index (χ4v) is 5.16. The van der Waals surface area contributed by atoms with Crippen LogP contribution in [0.4, 0.5) is 13.2 Å². The van der Waals surface area contributed by atoms with Gasteiger partial charge in [0.1, 0.15) is 6.10 Å². The number of nitrogens with zero attached hydrogens (tertiary/aromatic N) is 1. The van der Waals surface area contributed by atoms with E-state index in [9.17, 15) is 22.8 Å². The molecule has 0 N–H and O–H groups in total. The number of ether oxygens (including phenoxy) is 3. The van der Waals surface area contributed by atoms with Crippen LogP contribution >= 0.6 is 0 Å². The predicted molar refractivity (Wildman–Crippen MR) is 118 cm³/mol. The van der Waals surface area contributed by atoms with Crippen molar-refractivity contribution >= 4 is 11.8 Å². The van der Waals surface area contributed by atoms with Crippen LogP contribution < -0.4 is 0 Å². The minimum absolute atomic E-state index is 0.152. The Balaban J connectivity index is 1.27. The van der Waals surface area contributed by atoms with E-state index >= 15 is 0 Å². The average Bonchev–Trinajstić information content (AvgIpc) is 3.36. The number of carbonyl (C=O) groups excluding carboxylic acids is 2. The zero-order valence-corrected chi connectivity index (χ0v) is 19.4. The lowest BCUT2D eigenvalue weighted by Gasteiger charge is -2.27. The van der Waals surface area contributed by atoms with Crippen LogP contribution in [0, 0.1) is 5.92 Å². The second-order valence-electron chi connectivity index (χ2n) is 9.64. The molecule has 0 radical (unpaired) electrons. The number of amides is 2. The highest BCUT2D eigenvalue weighted by Crippen LogP contribution is 2.43. The molecule has 2 saturated heterocycles. The van der Waals surface area contributed by atoms with Gasteiger partial charge in [-0.3, -0.25) is 14.5 Å². The van der Waals surface area contributed by atoms with Crippen LogP contribution in [0.1, 0.15) is 58.5 Å². The fourth-order valence-electron chi connectivity index (χ4n) is 5.16. The van der Waals surface area contributed by atoms with Crippen molar-refractivity contribution in [2.45, 2.75) is 63.6 Å². The van der Waals surface area contributed by atoms with E-state index in [1.54, 1.807) is 38.1 Å². The molecule has 3 aliphatic rings. The van der Waals surface area contributed by atoms with E-state index in [0.717, 1.165) is 17.7 Å². The normalized spacial score (nSPS) is 27.4.